The van der Waals surface area contributed by atoms with Gasteiger partial charge in [0.05, 0.1) is 17.9 Å². The second-order valence-corrected chi connectivity index (χ2v) is 10.7. The van der Waals surface area contributed by atoms with Crippen molar-refractivity contribution in [2.45, 2.75) is 38.8 Å². The van der Waals surface area contributed by atoms with Gasteiger partial charge in [-0.25, -0.2) is 4.98 Å². The van der Waals surface area contributed by atoms with Crippen molar-refractivity contribution in [3.8, 4) is 11.3 Å². The molecule has 0 spiro atoms. The maximum atomic E-state index is 13.0. The summed E-state index contributed by atoms with van der Waals surface area (Å²) < 4.78 is 7.11. The number of nitrogens with one attached hydrogen (secondary N) is 2. The Kier molecular flexibility index (Phi) is 7.28. The zero-order chi connectivity index (χ0) is 26.0. The smallest absolute Gasteiger partial charge is 0.253 e. The van der Waals surface area contributed by atoms with Gasteiger partial charge in [0.1, 0.15) is 6.04 Å². The number of rotatable bonds is 7. The van der Waals surface area contributed by atoms with Crippen molar-refractivity contribution < 1.29 is 19.1 Å². The summed E-state index contributed by atoms with van der Waals surface area (Å²) in [6.45, 7) is 6.84. The van der Waals surface area contributed by atoms with Crippen LogP contribution in [0.1, 0.15) is 47.1 Å². The molecule has 2 N–H and O–H groups in total. The fourth-order valence-corrected chi connectivity index (χ4v) is 4.67. The lowest BCUT2D eigenvalue weighted by molar-refractivity contribution is -0.119. The predicted octanol–water partition coefficient (Wildman–Crippen LogP) is 3.38. The summed E-state index contributed by atoms with van der Waals surface area (Å²) in [5.41, 5.74) is 3.48. The molecule has 0 aliphatic carbocycles. The lowest BCUT2D eigenvalue weighted by Gasteiger charge is -2.25. The predicted molar refractivity (Wildman–Crippen MR) is 139 cm³/mol. The minimum Gasteiger partial charge on any atom is -0.382 e. The maximum absolute atomic E-state index is 13.0. The third-order valence-electron chi connectivity index (χ3n) is 6.12. The quantitative estimate of drug-likeness (QED) is 0.508. The van der Waals surface area contributed by atoms with E-state index in [9.17, 15) is 14.4 Å². The van der Waals surface area contributed by atoms with Crippen LogP contribution >= 0.6 is 11.3 Å². The Bertz CT molecular complexity index is 1290. The van der Waals surface area contributed by atoms with Crippen LogP contribution in [0.4, 0.5) is 5.13 Å². The molecule has 190 valence electrons. The number of amides is 3. The minimum atomic E-state index is -0.898. The molecule has 4 rings (SSSR count). The highest BCUT2D eigenvalue weighted by molar-refractivity contribution is 7.14. The molecular formula is C26H31N5O4S. The van der Waals surface area contributed by atoms with E-state index in [-0.39, 0.29) is 24.0 Å². The summed E-state index contributed by atoms with van der Waals surface area (Å²) >= 11 is 1.27. The van der Waals surface area contributed by atoms with Gasteiger partial charge in [0.2, 0.25) is 0 Å². The highest BCUT2D eigenvalue weighted by atomic mass is 32.1. The van der Waals surface area contributed by atoms with Crippen molar-refractivity contribution in [3.05, 3.63) is 58.7 Å². The van der Waals surface area contributed by atoms with E-state index in [0.29, 0.717) is 28.5 Å². The lowest BCUT2D eigenvalue weighted by Crippen LogP contribution is -2.46. The van der Waals surface area contributed by atoms with E-state index < -0.39 is 11.9 Å². The Balaban J connectivity index is 1.45. The van der Waals surface area contributed by atoms with Crippen molar-refractivity contribution in [1.29, 1.82) is 0 Å². The number of anilines is 1. The SMILES string of the molecule is COC[C@H](NC(=O)c1ccn(C(C)(C)C)c1)C(=O)Nc1nc(-c2ccc3c(c2)C(=O)N(C)CC3)cs1. The number of ether oxygens (including phenoxy) is 1. The van der Waals surface area contributed by atoms with Gasteiger partial charge in [-0.1, -0.05) is 12.1 Å². The van der Waals surface area contributed by atoms with Gasteiger partial charge < -0.3 is 24.8 Å². The number of benzene rings is 1. The van der Waals surface area contributed by atoms with Crippen molar-refractivity contribution in [2.24, 2.45) is 0 Å². The third-order valence-corrected chi connectivity index (χ3v) is 6.88. The van der Waals surface area contributed by atoms with Crippen LogP contribution in [0.25, 0.3) is 11.3 Å². The number of carbonyl (C=O) groups excluding carboxylic acids is 3. The van der Waals surface area contributed by atoms with E-state index in [1.165, 1.54) is 18.4 Å². The number of aromatic nitrogens is 2. The summed E-state index contributed by atoms with van der Waals surface area (Å²) in [7, 11) is 3.27. The molecular weight excluding hydrogens is 478 g/mol. The Hall–Kier alpha value is -3.50. The van der Waals surface area contributed by atoms with E-state index >= 15 is 0 Å². The molecule has 0 saturated carbocycles. The Labute approximate surface area is 214 Å². The van der Waals surface area contributed by atoms with Gasteiger partial charge in [-0.2, -0.15) is 0 Å². The molecule has 0 saturated heterocycles. The Morgan fingerprint density at radius 2 is 2.03 bits per heavy atom. The molecule has 3 amide bonds. The van der Waals surface area contributed by atoms with Crippen LogP contribution in [-0.4, -0.2) is 65.5 Å². The Morgan fingerprint density at radius 3 is 2.72 bits per heavy atom. The van der Waals surface area contributed by atoms with Gasteiger partial charge in [-0.3, -0.25) is 14.4 Å². The number of methoxy groups -OCH3 is 1. The van der Waals surface area contributed by atoms with E-state index in [1.807, 2.05) is 55.1 Å². The van der Waals surface area contributed by atoms with Crippen molar-refractivity contribution in [1.82, 2.24) is 19.8 Å². The van der Waals surface area contributed by atoms with Gasteiger partial charge >= 0.3 is 0 Å². The fourth-order valence-electron chi connectivity index (χ4n) is 3.94. The van der Waals surface area contributed by atoms with E-state index in [4.69, 9.17) is 4.74 Å². The normalized spacial score (nSPS) is 14.4. The van der Waals surface area contributed by atoms with Gasteiger partial charge in [0, 0.05) is 55.1 Å². The van der Waals surface area contributed by atoms with E-state index in [1.54, 1.807) is 24.2 Å². The minimum absolute atomic E-state index is 0.00199. The zero-order valence-corrected chi connectivity index (χ0v) is 21.9. The fraction of sp³-hybridized carbons (Fsp3) is 0.385. The number of carbonyl (C=O) groups is 3. The van der Waals surface area contributed by atoms with E-state index in [2.05, 4.69) is 15.6 Å². The van der Waals surface area contributed by atoms with Crippen LogP contribution in [-0.2, 0) is 21.5 Å². The van der Waals surface area contributed by atoms with Gasteiger partial charge in [0.15, 0.2) is 5.13 Å². The molecule has 9 nitrogen and oxygen atoms in total. The zero-order valence-electron chi connectivity index (χ0n) is 21.1. The second kappa shape index (κ2) is 10.2. The Morgan fingerprint density at radius 1 is 1.25 bits per heavy atom. The lowest BCUT2D eigenvalue weighted by atomic mass is 9.96. The second-order valence-electron chi connectivity index (χ2n) is 9.84. The first-order valence-corrected chi connectivity index (χ1v) is 12.6. The van der Waals surface area contributed by atoms with Crippen LogP contribution in [0.2, 0.25) is 0 Å². The number of fused-ring (bicyclic) bond motifs is 1. The molecule has 0 fully saturated rings. The van der Waals surface area contributed by atoms with Crippen LogP contribution in [0.5, 0.6) is 0 Å². The summed E-state index contributed by atoms with van der Waals surface area (Å²) in [6, 6.07) is 6.58. The summed E-state index contributed by atoms with van der Waals surface area (Å²) in [4.78, 5) is 44.5. The average Bonchev–Trinajstić information content (AvgIpc) is 3.51. The van der Waals surface area contributed by atoms with Gasteiger partial charge in [0.25, 0.3) is 17.7 Å². The number of hydrogen-bond acceptors (Lipinski definition) is 6. The maximum Gasteiger partial charge on any atom is 0.253 e. The first kappa shape index (κ1) is 25.6. The summed E-state index contributed by atoms with van der Waals surface area (Å²) in [5, 5.41) is 7.74. The molecule has 0 radical (unpaired) electrons. The highest BCUT2D eigenvalue weighted by Crippen LogP contribution is 2.29. The molecule has 1 aliphatic rings. The highest BCUT2D eigenvalue weighted by Gasteiger charge is 2.25. The molecule has 0 bridgehead atoms. The topological polar surface area (TPSA) is 106 Å². The number of nitrogens with zero attached hydrogens (tertiary/aromatic N) is 3. The largest absolute Gasteiger partial charge is 0.382 e. The number of likely N-dealkylation sites (N-methyl/N-ethyl adjacent to an activating group) is 1. The molecule has 3 heterocycles. The molecule has 1 aliphatic heterocycles. The van der Waals surface area contributed by atoms with Crippen molar-refractivity contribution in [3.63, 3.8) is 0 Å². The summed E-state index contributed by atoms with van der Waals surface area (Å²) in [6.07, 6.45) is 4.42. The standard InChI is InChI=1S/C26H31N5O4S/c1-26(2,3)31-11-9-18(13-31)22(32)27-20(14-35-5)23(33)29-25-28-21(15-36-25)17-7-6-16-8-10-30(4)24(34)19(16)12-17/h6-7,9,11-13,15,20H,8,10,14H2,1-5H3,(H,27,32)(H,28,29,33)/t20-/m0/s1. The first-order chi connectivity index (χ1) is 17.1. The third kappa shape index (κ3) is 5.50. The average molecular weight is 510 g/mol. The molecule has 3 aromatic rings. The molecule has 1 aromatic carbocycles. The van der Waals surface area contributed by atoms with Crippen LogP contribution < -0.4 is 10.6 Å². The van der Waals surface area contributed by atoms with Gasteiger partial charge in [-0.15, -0.1) is 11.3 Å². The van der Waals surface area contributed by atoms with Crippen molar-refractivity contribution >= 4 is 34.2 Å². The number of hydrogen-bond donors (Lipinski definition) is 2. The van der Waals surface area contributed by atoms with E-state index in [0.717, 1.165) is 17.5 Å². The van der Waals surface area contributed by atoms with Crippen molar-refractivity contribution in [2.75, 3.05) is 32.6 Å². The van der Waals surface area contributed by atoms with Crippen LogP contribution in [0.3, 0.4) is 0 Å². The summed E-state index contributed by atoms with van der Waals surface area (Å²) in [5.74, 6) is -0.792. The van der Waals surface area contributed by atoms with Crippen LogP contribution in [0, 0.1) is 0 Å². The molecule has 36 heavy (non-hydrogen) atoms. The molecule has 10 heteroatoms. The van der Waals surface area contributed by atoms with Crippen LogP contribution in [0.15, 0.2) is 42.0 Å². The monoisotopic (exact) mass is 509 g/mol. The molecule has 1 atom stereocenters. The molecule has 0 unspecified atom stereocenters. The van der Waals surface area contributed by atoms with Gasteiger partial charge in [-0.05, 0) is 44.9 Å². The number of thiazole rings is 1. The molecule has 2 aromatic heterocycles. The first-order valence-electron chi connectivity index (χ1n) is 11.7.